The van der Waals surface area contributed by atoms with Crippen LogP contribution in [-0.4, -0.2) is 36.6 Å². The summed E-state index contributed by atoms with van der Waals surface area (Å²) in [6.07, 6.45) is 0. The first kappa shape index (κ1) is 13.3. The van der Waals surface area contributed by atoms with Crippen molar-refractivity contribution in [2.24, 2.45) is 0 Å². The molecule has 0 aliphatic heterocycles. The lowest BCUT2D eigenvalue weighted by Gasteiger charge is -2.14. The zero-order valence-corrected chi connectivity index (χ0v) is 12.4. The molecule has 18 heavy (non-hydrogen) atoms. The van der Waals surface area contributed by atoms with Gasteiger partial charge in [-0.2, -0.15) is 0 Å². The Kier molecular flexibility index (Phi) is 4.55. The van der Waals surface area contributed by atoms with Gasteiger partial charge in [0.2, 0.25) is 0 Å². The number of fused-ring (bicyclic) bond motifs is 1. The van der Waals surface area contributed by atoms with E-state index in [0.29, 0.717) is 0 Å². The number of pyridine rings is 1. The van der Waals surface area contributed by atoms with Crippen LogP contribution >= 0.6 is 15.9 Å². The van der Waals surface area contributed by atoms with E-state index in [1.165, 1.54) is 0 Å². The zero-order chi connectivity index (χ0) is 13.0. The molecule has 0 spiro atoms. The molecule has 0 aliphatic carbocycles. The van der Waals surface area contributed by atoms with Crippen molar-refractivity contribution in [1.29, 1.82) is 0 Å². The van der Waals surface area contributed by atoms with Crippen molar-refractivity contribution in [3.8, 4) is 0 Å². The van der Waals surface area contributed by atoms with Crippen molar-refractivity contribution in [1.82, 2.24) is 9.88 Å². The van der Waals surface area contributed by atoms with Gasteiger partial charge in [-0.25, -0.2) is 4.98 Å². The Hall–Kier alpha value is -1.13. The van der Waals surface area contributed by atoms with E-state index in [1.807, 2.05) is 18.2 Å². The predicted octanol–water partition coefficient (Wildman–Crippen LogP) is 3.36. The molecule has 0 fully saturated rings. The normalized spacial score (nSPS) is 11.1. The molecule has 0 bridgehead atoms. The first-order chi connectivity index (χ1) is 8.69. The van der Waals surface area contributed by atoms with Crippen LogP contribution < -0.4 is 5.32 Å². The monoisotopic (exact) mass is 307 g/mol. The highest BCUT2D eigenvalue weighted by Crippen LogP contribution is 2.19. The van der Waals surface area contributed by atoms with Gasteiger partial charge in [0.15, 0.2) is 0 Å². The molecular weight excluding hydrogens is 290 g/mol. The minimum Gasteiger partial charge on any atom is -0.369 e. The van der Waals surface area contributed by atoms with E-state index in [1.54, 1.807) is 0 Å². The van der Waals surface area contributed by atoms with E-state index < -0.39 is 0 Å². The molecular formula is C14H18BrN3. The number of hydrogen-bond donors (Lipinski definition) is 1. The highest BCUT2D eigenvalue weighted by molar-refractivity contribution is 9.10. The largest absolute Gasteiger partial charge is 0.369 e. The summed E-state index contributed by atoms with van der Waals surface area (Å²) in [4.78, 5) is 6.87. The van der Waals surface area contributed by atoms with Gasteiger partial charge in [-0.3, -0.25) is 0 Å². The van der Waals surface area contributed by atoms with Crippen molar-refractivity contribution in [2.75, 3.05) is 32.0 Å². The molecule has 4 heteroatoms. The summed E-state index contributed by atoms with van der Waals surface area (Å²) in [5, 5.41) is 4.51. The summed E-state index contributed by atoms with van der Waals surface area (Å²) in [6, 6.07) is 10.3. The first-order valence-corrected chi connectivity index (χ1v) is 6.97. The number of nitrogens with one attached hydrogen (secondary N) is 1. The molecule has 1 N–H and O–H groups in total. The number of nitrogens with zero attached hydrogens (tertiary/aromatic N) is 2. The standard InChI is InChI=1S/C14H18BrN3/c1-3-18(2)9-8-16-14-7-5-11-4-6-12(15)10-13(11)17-14/h4-7,10H,3,8-9H2,1-2H3,(H,16,17). The quantitative estimate of drug-likeness (QED) is 0.918. The van der Waals surface area contributed by atoms with Crippen molar-refractivity contribution in [2.45, 2.75) is 6.92 Å². The van der Waals surface area contributed by atoms with Crippen molar-refractivity contribution in [3.05, 3.63) is 34.8 Å². The van der Waals surface area contributed by atoms with Gasteiger partial charge in [0, 0.05) is 22.9 Å². The highest BCUT2D eigenvalue weighted by atomic mass is 79.9. The van der Waals surface area contributed by atoms with Crippen LogP contribution in [0.3, 0.4) is 0 Å². The second kappa shape index (κ2) is 6.16. The van der Waals surface area contributed by atoms with Crippen molar-refractivity contribution >= 4 is 32.7 Å². The second-order valence-electron chi connectivity index (χ2n) is 4.36. The molecule has 0 atom stereocenters. The third-order valence-corrected chi connectivity index (χ3v) is 3.49. The summed E-state index contributed by atoms with van der Waals surface area (Å²) >= 11 is 3.47. The maximum absolute atomic E-state index is 4.60. The van der Waals surface area contributed by atoms with Gasteiger partial charge in [0.25, 0.3) is 0 Å². The van der Waals surface area contributed by atoms with E-state index >= 15 is 0 Å². The van der Waals surface area contributed by atoms with Gasteiger partial charge in [0.05, 0.1) is 5.52 Å². The molecule has 3 nitrogen and oxygen atoms in total. The molecule has 2 aromatic rings. The van der Waals surface area contributed by atoms with Crippen LogP contribution in [0.4, 0.5) is 5.82 Å². The van der Waals surface area contributed by atoms with Crippen LogP contribution in [0.2, 0.25) is 0 Å². The van der Waals surface area contributed by atoms with Crippen molar-refractivity contribution in [3.63, 3.8) is 0 Å². The third-order valence-electron chi connectivity index (χ3n) is 2.99. The van der Waals surface area contributed by atoms with Gasteiger partial charge in [-0.1, -0.05) is 28.9 Å². The molecule has 1 aromatic carbocycles. The summed E-state index contributed by atoms with van der Waals surface area (Å²) < 4.78 is 1.06. The van der Waals surface area contributed by atoms with Gasteiger partial charge in [-0.15, -0.1) is 0 Å². The Balaban J connectivity index is 2.05. The lowest BCUT2D eigenvalue weighted by molar-refractivity contribution is 0.367. The molecule has 1 aromatic heterocycles. The van der Waals surface area contributed by atoms with Crippen LogP contribution in [0, 0.1) is 0 Å². The SMILES string of the molecule is CCN(C)CCNc1ccc2ccc(Br)cc2n1. The Bertz CT molecular complexity index is 527. The summed E-state index contributed by atoms with van der Waals surface area (Å²) in [6.45, 7) is 5.16. The van der Waals surface area contributed by atoms with Crippen molar-refractivity contribution < 1.29 is 0 Å². The molecule has 0 saturated carbocycles. The fourth-order valence-corrected chi connectivity index (χ4v) is 2.07. The van der Waals surface area contributed by atoms with Crippen LogP contribution in [-0.2, 0) is 0 Å². The number of aromatic nitrogens is 1. The topological polar surface area (TPSA) is 28.2 Å². The fourth-order valence-electron chi connectivity index (χ4n) is 1.72. The fraction of sp³-hybridized carbons (Fsp3) is 0.357. The number of hydrogen-bond acceptors (Lipinski definition) is 3. The first-order valence-electron chi connectivity index (χ1n) is 6.18. The molecule has 1 heterocycles. The molecule has 0 radical (unpaired) electrons. The average molecular weight is 308 g/mol. The van der Waals surface area contributed by atoms with Crippen LogP contribution in [0.1, 0.15) is 6.92 Å². The van der Waals surface area contributed by atoms with Gasteiger partial charge in [0.1, 0.15) is 5.82 Å². The lowest BCUT2D eigenvalue weighted by Crippen LogP contribution is -2.24. The van der Waals surface area contributed by atoms with Crippen LogP contribution in [0.5, 0.6) is 0 Å². The van der Waals surface area contributed by atoms with E-state index in [0.717, 1.165) is 40.8 Å². The lowest BCUT2D eigenvalue weighted by atomic mass is 10.2. The number of likely N-dealkylation sites (N-methyl/N-ethyl adjacent to an activating group) is 1. The Labute approximate surface area is 116 Å². The van der Waals surface area contributed by atoms with Gasteiger partial charge < -0.3 is 10.2 Å². The average Bonchev–Trinajstić information content (AvgIpc) is 2.38. The maximum Gasteiger partial charge on any atom is 0.126 e. The predicted molar refractivity (Wildman–Crippen MR) is 81.1 cm³/mol. The van der Waals surface area contributed by atoms with E-state index in [2.05, 4.69) is 57.2 Å². The molecule has 0 saturated heterocycles. The minimum absolute atomic E-state index is 0.914. The highest BCUT2D eigenvalue weighted by Gasteiger charge is 1.99. The van der Waals surface area contributed by atoms with E-state index in [-0.39, 0.29) is 0 Å². The maximum atomic E-state index is 4.60. The van der Waals surface area contributed by atoms with Gasteiger partial charge >= 0.3 is 0 Å². The number of halogens is 1. The Morgan fingerprint density at radius 1 is 1.28 bits per heavy atom. The summed E-state index contributed by atoms with van der Waals surface area (Å²) in [5.41, 5.74) is 1.01. The second-order valence-corrected chi connectivity index (χ2v) is 5.27. The molecule has 96 valence electrons. The Morgan fingerprint density at radius 2 is 2.06 bits per heavy atom. The van der Waals surface area contributed by atoms with Crippen LogP contribution in [0.15, 0.2) is 34.8 Å². The molecule has 2 rings (SSSR count). The van der Waals surface area contributed by atoms with Crippen LogP contribution in [0.25, 0.3) is 10.9 Å². The number of benzene rings is 1. The third kappa shape index (κ3) is 3.43. The molecule has 0 aliphatic rings. The van der Waals surface area contributed by atoms with Gasteiger partial charge in [-0.05, 0) is 37.9 Å². The molecule has 0 amide bonds. The summed E-state index contributed by atoms with van der Waals surface area (Å²) in [7, 11) is 2.12. The number of anilines is 1. The van der Waals surface area contributed by atoms with E-state index in [4.69, 9.17) is 0 Å². The summed E-state index contributed by atoms with van der Waals surface area (Å²) in [5.74, 6) is 0.935. The number of rotatable bonds is 5. The van der Waals surface area contributed by atoms with E-state index in [9.17, 15) is 0 Å². The zero-order valence-electron chi connectivity index (χ0n) is 10.8. The minimum atomic E-state index is 0.914. The smallest absolute Gasteiger partial charge is 0.126 e. The molecule has 0 unspecified atom stereocenters. The Morgan fingerprint density at radius 3 is 2.83 bits per heavy atom.